The van der Waals surface area contributed by atoms with Crippen molar-refractivity contribution in [2.45, 2.75) is 32.7 Å². The first-order valence-electron chi connectivity index (χ1n) is 6.23. The molecule has 1 fully saturated rings. The van der Waals surface area contributed by atoms with Crippen LogP contribution in [0.3, 0.4) is 0 Å². The van der Waals surface area contributed by atoms with Crippen LogP contribution in [0.2, 0.25) is 0 Å². The van der Waals surface area contributed by atoms with Crippen LogP contribution in [0.25, 0.3) is 0 Å². The Morgan fingerprint density at radius 1 is 1.40 bits per heavy atom. The molecule has 1 aliphatic rings. The van der Waals surface area contributed by atoms with E-state index in [1.54, 1.807) is 7.11 Å². The quantitative estimate of drug-likeness (QED) is 0.586. The molecule has 1 atom stereocenters. The van der Waals surface area contributed by atoms with Gasteiger partial charge in [-0.25, -0.2) is 0 Å². The molecule has 1 unspecified atom stereocenters. The second kappa shape index (κ2) is 7.20. The fraction of sp³-hybridized carbons (Fsp3) is 1.00. The molecule has 1 rings (SSSR count). The molecule has 15 heavy (non-hydrogen) atoms. The molecule has 0 aromatic carbocycles. The standard InChI is InChI=1S/C12H26N2O/c1-4-13-7-8-14(9-10-15-3)11(2)12-5-6-12/h11-13H,4-10H2,1-3H3. The Kier molecular flexibility index (Phi) is 6.22. The highest BCUT2D eigenvalue weighted by molar-refractivity contribution is 4.85. The van der Waals surface area contributed by atoms with Gasteiger partial charge in [-0.05, 0) is 32.2 Å². The lowest BCUT2D eigenvalue weighted by molar-refractivity contribution is 0.117. The van der Waals surface area contributed by atoms with E-state index in [9.17, 15) is 0 Å². The Morgan fingerprint density at radius 3 is 2.67 bits per heavy atom. The first-order chi connectivity index (χ1) is 7.29. The summed E-state index contributed by atoms with van der Waals surface area (Å²) in [5.41, 5.74) is 0. The Bertz CT molecular complexity index is 160. The summed E-state index contributed by atoms with van der Waals surface area (Å²) < 4.78 is 5.17. The van der Waals surface area contributed by atoms with Gasteiger partial charge in [0.2, 0.25) is 0 Å². The molecular weight excluding hydrogens is 188 g/mol. The van der Waals surface area contributed by atoms with Crippen LogP contribution in [0.1, 0.15) is 26.7 Å². The molecule has 0 radical (unpaired) electrons. The molecule has 0 bridgehead atoms. The van der Waals surface area contributed by atoms with E-state index in [-0.39, 0.29) is 0 Å². The number of rotatable bonds is 9. The van der Waals surface area contributed by atoms with E-state index in [2.05, 4.69) is 24.1 Å². The number of methoxy groups -OCH3 is 1. The summed E-state index contributed by atoms with van der Waals surface area (Å²) in [7, 11) is 1.78. The highest BCUT2D eigenvalue weighted by Crippen LogP contribution is 2.34. The maximum atomic E-state index is 5.17. The lowest BCUT2D eigenvalue weighted by Gasteiger charge is -2.29. The van der Waals surface area contributed by atoms with Crippen LogP contribution < -0.4 is 5.32 Å². The smallest absolute Gasteiger partial charge is 0.0589 e. The van der Waals surface area contributed by atoms with Crippen molar-refractivity contribution in [2.24, 2.45) is 5.92 Å². The first kappa shape index (κ1) is 12.9. The third-order valence-corrected chi connectivity index (χ3v) is 3.29. The summed E-state index contributed by atoms with van der Waals surface area (Å²) in [6.45, 7) is 9.74. The predicted molar refractivity (Wildman–Crippen MR) is 64.2 cm³/mol. The van der Waals surface area contributed by atoms with Crippen molar-refractivity contribution in [3.05, 3.63) is 0 Å². The molecule has 90 valence electrons. The Balaban J connectivity index is 2.23. The van der Waals surface area contributed by atoms with Gasteiger partial charge < -0.3 is 10.1 Å². The fourth-order valence-corrected chi connectivity index (χ4v) is 2.00. The van der Waals surface area contributed by atoms with Gasteiger partial charge in [0, 0.05) is 32.8 Å². The average molecular weight is 214 g/mol. The van der Waals surface area contributed by atoms with Crippen LogP contribution in [0.5, 0.6) is 0 Å². The number of hydrogen-bond acceptors (Lipinski definition) is 3. The zero-order chi connectivity index (χ0) is 11.1. The van der Waals surface area contributed by atoms with Gasteiger partial charge in [0.05, 0.1) is 6.61 Å². The fourth-order valence-electron chi connectivity index (χ4n) is 2.00. The van der Waals surface area contributed by atoms with Crippen molar-refractivity contribution < 1.29 is 4.74 Å². The maximum absolute atomic E-state index is 5.17. The molecule has 1 aliphatic carbocycles. The molecule has 0 aromatic rings. The van der Waals surface area contributed by atoms with Crippen LogP contribution >= 0.6 is 0 Å². The minimum atomic E-state index is 0.735. The SMILES string of the molecule is CCNCCN(CCOC)C(C)C1CC1. The predicted octanol–water partition coefficient (Wildman–Crippen LogP) is 1.34. The summed E-state index contributed by atoms with van der Waals surface area (Å²) in [4.78, 5) is 2.56. The van der Waals surface area contributed by atoms with Gasteiger partial charge in [-0.3, -0.25) is 4.90 Å². The van der Waals surface area contributed by atoms with Crippen molar-refractivity contribution in [3.63, 3.8) is 0 Å². The molecule has 3 nitrogen and oxygen atoms in total. The lowest BCUT2D eigenvalue weighted by Crippen LogP contribution is -2.41. The second-order valence-electron chi connectivity index (χ2n) is 4.46. The van der Waals surface area contributed by atoms with Crippen LogP contribution in [-0.4, -0.2) is 50.8 Å². The van der Waals surface area contributed by atoms with Crippen molar-refractivity contribution in [2.75, 3.05) is 39.9 Å². The van der Waals surface area contributed by atoms with E-state index in [0.29, 0.717) is 0 Å². The van der Waals surface area contributed by atoms with Gasteiger partial charge in [-0.15, -0.1) is 0 Å². The van der Waals surface area contributed by atoms with Crippen LogP contribution in [0.15, 0.2) is 0 Å². The van der Waals surface area contributed by atoms with E-state index in [1.807, 2.05) is 0 Å². The van der Waals surface area contributed by atoms with Crippen LogP contribution in [-0.2, 0) is 4.74 Å². The van der Waals surface area contributed by atoms with Crippen molar-refractivity contribution in [1.29, 1.82) is 0 Å². The average Bonchev–Trinajstić information content (AvgIpc) is 3.06. The van der Waals surface area contributed by atoms with E-state index in [0.717, 1.165) is 44.7 Å². The second-order valence-corrected chi connectivity index (χ2v) is 4.46. The molecule has 0 aliphatic heterocycles. The van der Waals surface area contributed by atoms with E-state index in [1.165, 1.54) is 12.8 Å². The minimum absolute atomic E-state index is 0.735. The summed E-state index contributed by atoms with van der Waals surface area (Å²) in [5, 5.41) is 3.39. The first-order valence-corrected chi connectivity index (χ1v) is 6.23. The Hall–Kier alpha value is -0.120. The number of nitrogens with zero attached hydrogens (tertiary/aromatic N) is 1. The number of hydrogen-bond donors (Lipinski definition) is 1. The maximum Gasteiger partial charge on any atom is 0.0589 e. The number of ether oxygens (including phenoxy) is 1. The molecule has 1 N–H and O–H groups in total. The minimum Gasteiger partial charge on any atom is -0.383 e. The molecule has 1 saturated carbocycles. The molecule has 0 saturated heterocycles. The van der Waals surface area contributed by atoms with Gasteiger partial charge in [-0.2, -0.15) is 0 Å². The van der Waals surface area contributed by atoms with Crippen molar-refractivity contribution in [1.82, 2.24) is 10.2 Å². The Morgan fingerprint density at radius 2 is 2.13 bits per heavy atom. The van der Waals surface area contributed by atoms with E-state index in [4.69, 9.17) is 4.74 Å². The van der Waals surface area contributed by atoms with Gasteiger partial charge >= 0.3 is 0 Å². The number of likely N-dealkylation sites (N-methyl/N-ethyl adjacent to an activating group) is 1. The van der Waals surface area contributed by atoms with Gasteiger partial charge in [0.25, 0.3) is 0 Å². The van der Waals surface area contributed by atoms with E-state index >= 15 is 0 Å². The monoisotopic (exact) mass is 214 g/mol. The van der Waals surface area contributed by atoms with Crippen molar-refractivity contribution in [3.8, 4) is 0 Å². The van der Waals surface area contributed by atoms with Gasteiger partial charge in [0.15, 0.2) is 0 Å². The molecule has 3 heteroatoms. The van der Waals surface area contributed by atoms with Crippen LogP contribution in [0, 0.1) is 5.92 Å². The zero-order valence-corrected chi connectivity index (χ0v) is 10.5. The highest BCUT2D eigenvalue weighted by atomic mass is 16.5. The number of nitrogens with one attached hydrogen (secondary N) is 1. The summed E-state index contributed by atoms with van der Waals surface area (Å²) in [5.74, 6) is 0.948. The summed E-state index contributed by atoms with van der Waals surface area (Å²) in [6.07, 6.45) is 2.84. The van der Waals surface area contributed by atoms with Gasteiger partial charge in [-0.1, -0.05) is 6.92 Å². The molecule has 0 heterocycles. The third kappa shape index (κ3) is 4.96. The van der Waals surface area contributed by atoms with Crippen molar-refractivity contribution >= 4 is 0 Å². The summed E-state index contributed by atoms with van der Waals surface area (Å²) in [6, 6.07) is 0.735. The largest absolute Gasteiger partial charge is 0.383 e. The topological polar surface area (TPSA) is 24.5 Å². The molecule has 0 aromatic heterocycles. The van der Waals surface area contributed by atoms with E-state index < -0.39 is 0 Å². The molecule has 0 spiro atoms. The van der Waals surface area contributed by atoms with Gasteiger partial charge in [0.1, 0.15) is 0 Å². The third-order valence-electron chi connectivity index (χ3n) is 3.29. The molecule has 0 amide bonds. The Labute approximate surface area is 94.2 Å². The summed E-state index contributed by atoms with van der Waals surface area (Å²) >= 11 is 0. The highest BCUT2D eigenvalue weighted by Gasteiger charge is 2.31. The lowest BCUT2D eigenvalue weighted by atomic mass is 10.2. The molecular formula is C12H26N2O. The normalized spacial score (nSPS) is 18.4. The zero-order valence-electron chi connectivity index (χ0n) is 10.5. The van der Waals surface area contributed by atoms with Crippen LogP contribution in [0.4, 0.5) is 0 Å².